The van der Waals surface area contributed by atoms with Crippen molar-refractivity contribution in [2.45, 2.75) is 0 Å². The first-order chi connectivity index (χ1) is 12.0. The molecule has 1 heterocycles. The minimum Gasteiger partial charge on any atom is -0.479 e. The first-order valence-corrected chi connectivity index (χ1v) is 8.58. The van der Waals surface area contributed by atoms with Crippen molar-refractivity contribution in [1.82, 2.24) is 10.3 Å². The van der Waals surface area contributed by atoms with E-state index < -0.39 is 12.6 Å². The molecule has 1 aliphatic heterocycles. The second-order valence-electron chi connectivity index (χ2n) is 5.18. The van der Waals surface area contributed by atoms with Crippen LogP contribution in [-0.4, -0.2) is 67.6 Å². The van der Waals surface area contributed by atoms with Gasteiger partial charge in [-0.3, -0.25) is 9.69 Å². The molecule has 25 heavy (non-hydrogen) atoms. The van der Waals surface area contributed by atoms with Crippen molar-refractivity contribution in [2.75, 3.05) is 39.5 Å². The lowest BCUT2D eigenvalue weighted by Crippen LogP contribution is -2.42. The van der Waals surface area contributed by atoms with Gasteiger partial charge in [-0.2, -0.15) is 5.10 Å². The maximum Gasteiger partial charge on any atom is 0.341 e. The number of hydrogen-bond donors (Lipinski definition) is 2. The van der Waals surface area contributed by atoms with E-state index in [9.17, 15) is 9.59 Å². The van der Waals surface area contributed by atoms with Crippen molar-refractivity contribution in [2.24, 2.45) is 5.10 Å². The number of hydrazone groups is 1. The lowest BCUT2D eigenvalue weighted by atomic mass is 10.2. The van der Waals surface area contributed by atoms with Crippen LogP contribution in [0.2, 0.25) is 5.02 Å². The minimum absolute atomic E-state index is 0.218. The van der Waals surface area contributed by atoms with Crippen molar-refractivity contribution >= 4 is 45.6 Å². The molecule has 1 aromatic rings. The molecule has 1 amide bonds. The monoisotopic (exact) mass is 433 g/mol. The number of carbonyl (C=O) groups is 2. The molecule has 0 atom stereocenters. The van der Waals surface area contributed by atoms with Gasteiger partial charge in [-0.1, -0.05) is 11.6 Å². The van der Waals surface area contributed by atoms with E-state index in [4.69, 9.17) is 26.2 Å². The maximum absolute atomic E-state index is 11.8. The first-order valence-electron chi connectivity index (χ1n) is 7.41. The van der Waals surface area contributed by atoms with Gasteiger partial charge in [0.05, 0.1) is 35.5 Å². The number of halogens is 2. The van der Waals surface area contributed by atoms with Crippen molar-refractivity contribution in [3.05, 3.63) is 27.2 Å². The Hall–Kier alpha value is -1.68. The van der Waals surface area contributed by atoms with Crippen LogP contribution >= 0.6 is 27.5 Å². The zero-order valence-electron chi connectivity index (χ0n) is 13.2. The summed E-state index contributed by atoms with van der Waals surface area (Å²) in [6.07, 6.45) is 1.44. The number of nitrogens with one attached hydrogen (secondary N) is 1. The van der Waals surface area contributed by atoms with E-state index in [0.29, 0.717) is 23.2 Å². The fourth-order valence-electron chi connectivity index (χ4n) is 2.10. The molecular weight excluding hydrogens is 418 g/mol. The minimum atomic E-state index is -1.10. The third-order valence-corrected chi connectivity index (χ3v) is 4.10. The third kappa shape index (κ3) is 6.62. The molecule has 0 radical (unpaired) electrons. The summed E-state index contributed by atoms with van der Waals surface area (Å²) in [6, 6.07) is 3.21. The number of ether oxygens (including phenoxy) is 2. The zero-order chi connectivity index (χ0) is 18.2. The van der Waals surface area contributed by atoms with E-state index in [1.54, 1.807) is 12.1 Å². The van der Waals surface area contributed by atoms with Gasteiger partial charge in [0.2, 0.25) is 0 Å². The highest BCUT2D eigenvalue weighted by atomic mass is 79.9. The summed E-state index contributed by atoms with van der Waals surface area (Å²) in [6.45, 7) is 2.45. The summed E-state index contributed by atoms with van der Waals surface area (Å²) in [7, 11) is 0. The number of benzene rings is 1. The molecule has 0 saturated carbocycles. The van der Waals surface area contributed by atoms with E-state index >= 15 is 0 Å². The van der Waals surface area contributed by atoms with Crippen molar-refractivity contribution in [3.63, 3.8) is 0 Å². The fraction of sp³-hybridized carbons (Fsp3) is 0.400. The van der Waals surface area contributed by atoms with E-state index in [1.165, 1.54) is 6.21 Å². The SMILES string of the molecule is O=C(O)COc1c(Cl)cc(C=NNC(=O)CN2CCOCC2)cc1Br. The molecule has 1 aliphatic rings. The van der Waals surface area contributed by atoms with E-state index in [0.717, 1.165) is 13.1 Å². The molecule has 10 heteroatoms. The highest BCUT2D eigenvalue weighted by Crippen LogP contribution is 2.34. The van der Waals surface area contributed by atoms with Crippen LogP contribution in [0.4, 0.5) is 0 Å². The Bertz CT molecular complexity index is 642. The summed E-state index contributed by atoms with van der Waals surface area (Å²) in [5, 5.41) is 12.8. The third-order valence-electron chi connectivity index (χ3n) is 3.23. The molecule has 8 nitrogen and oxygen atoms in total. The highest BCUT2D eigenvalue weighted by molar-refractivity contribution is 9.10. The molecule has 0 spiro atoms. The summed E-state index contributed by atoms with van der Waals surface area (Å²) < 4.78 is 10.8. The molecule has 0 bridgehead atoms. The van der Waals surface area contributed by atoms with Crippen LogP contribution in [0.5, 0.6) is 5.75 Å². The molecule has 2 N–H and O–H groups in total. The number of carboxylic acid groups (broad SMARTS) is 1. The van der Waals surface area contributed by atoms with Crippen LogP contribution < -0.4 is 10.2 Å². The summed E-state index contributed by atoms with van der Waals surface area (Å²) >= 11 is 9.34. The molecule has 136 valence electrons. The topological polar surface area (TPSA) is 100 Å². The Morgan fingerprint density at radius 3 is 2.80 bits per heavy atom. The molecule has 0 aliphatic carbocycles. The smallest absolute Gasteiger partial charge is 0.341 e. The average Bonchev–Trinajstić information content (AvgIpc) is 2.54. The van der Waals surface area contributed by atoms with Gasteiger partial charge >= 0.3 is 5.97 Å². The number of amides is 1. The quantitative estimate of drug-likeness (QED) is 0.496. The summed E-state index contributed by atoms with van der Waals surface area (Å²) in [5.74, 6) is -1.08. The Balaban J connectivity index is 1.89. The molecular formula is C15H17BrClN3O5. The lowest BCUT2D eigenvalue weighted by molar-refractivity contribution is -0.139. The van der Waals surface area contributed by atoms with Gasteiger partial charge in [-0.25, -0.2) is 10.2 Å². The molecule has 0 aromatic heterocycles. The van der Waals surface area contributed by atoms with Gasteiger partial charge in [-0.15, -0.1) is 0 Å². The van der Waals surface area contributed by atoms with Crippen LogP contribution in [0, 0.1) is 0 Å². The average molecular weight is 435 g/mol. The van der Waals surface area contributed by atoms with Crippen molar-refractivity contribution in [3.8, 4) is 5.75 Å². The van der Waals surface area contributed by atoms with Gasteiger partial charge in [0.25, 0.3) is 5.91 Å². The summed E-state index contributed by atoms with van der Waals surface area (Å²) in [4.78, 5) is 24.4. The zero-order valence-corrected chi connectivity index (χ0v) is 15.5. The number of carboxylic acids is 1. The van der Waals surface area contributed by atoms with Gasteiger partial charge in [0, 0.05) is 13.1 Å². The standard InChI is InChI=1S/C15H17BrClN3O5/c16-11-5-10(6-12(17)15(11)25-9-14(22)23)7-18-19-13(21)8-20-1-3-24-4-2-20/h5-7H,1-4,8-9H2,(H,19,21)(H,22,23). The molecule has 2 rings (SSSR count). The van der Waals surface area contributed by atoms with E-state index in [1.807, 2.05) is 4.90 Å². The van der Waals surface area contributed by atoms with Crippen molar-refractivity contribution in [1.29, 1.82) is 0 Å². The first kappa shape index (κ1) is 19.6. The number of aliphatic carboxylic acids is 1. The van der Waals surface area contributed by atoms with Gasteiger partial charge in [0.15, 0.2) is 12.4 Å². The number of carbonyl (C=O) groups excluding carboxylic acids is 1. The van der Waals surface area contributed by atoms with Crippen LogP contribution in [-0.2, 0) is 14.3 Å². The Kier molecular flexibility index (Phi) is 7.63. The second-order valence-corrected chi connectivity index (χ2v) is 6.44. The van der Waals surface area contributed by atoms with Crippen LogP contribution in [0.15, 0.2) is 21.7 Å². The molecule has 1 aromatic carbocycles. The largest absolute Gasteiger partial charge is 0.479 e. The van der Waals surface area contributed by atoms with Crippen LogP contribution in [0.25, 0.3) is 0 Å². The number of hydrogen-bond acceptors (Lipinski definition) is 6. The maximum atomic E-state index is 11.8. The normalized spacial score (nSPS) is 15.3. The van der Waals surface area contributed by atoms with Crippen LogP contribution in [0.3, 0.4) is 0 Å². The number of nitrogens with zero attached hydrogens (tertiary/aromatic N) is 2. The fourth-order valence-corrected chi connectivity index (χ4v) is 3.09. The van der Waals surface area contributed by atoms with E-state index in [-0.39, 0.29) is 23.2 Å². The predicted octanol–water partition coefficient (Wildman–Crippen LogP) is 1.35. The van der Waals surface area contributed by atoms with Gasteiger partial charge in [0.1, 0.15) is 0 Å². The lowest BCUT2D eigenvalue weighted by Gasteiger charge is -2.25. The molecule has 0 unspecified atom stereocenters. The van der Waals surface area contributed by atoms with E-state index in [2.05, 4.69) is 26.5 Å². The van der Waals surface area contributed by atoms with Gasteiger partial charge in [-0.05, 0) is 33.6 Å². The Morgan fingerprint density at radius 1 is 1.44 bits per heavy atom. The number of morpholine rings is 1. The predicted molar refractivity (Wildman–Crippen MR) is 95.3 cm³/mol. The Morgan fingerprint density at radius 2 is 2.16 bits per heavy atom. The highest BCUT2D eigenvalue weighted by Gasteiger charge is 2.14. The van der Waals surface area contributed by atoms with Crippen molar-refractivity contribution < 1.29 is 24.2 Å². The molecule has 1 saturated heterocycles. The Labute approximate surface area is 157 Å². The number of rotatable bonds is 7. The van der Waals surface area contributed by atoms with Crippen LogP contribution in [0.1, 0.15) is 5.56 Å². The molecule has 1 fully saturated rings. The summed E-state index contributed by atoms with van der Waals surface area (Å²) in [5.41, 5.74) is 3.07. The second kappa shape index (κ2) is 9.71. The van der Waals surface area contributed by atoms with Gasteiger partial charge < -0.3 is 14.6 Å².